The first-order valence-corrected chi connectivity index (χ1v) is 16.2. The van der Waals surface area contributed by atoms with Crippen LogP contribution in [0, 0.1) is 16.7 Å². The van der Waals surface area contributed by atoms with Crippen molar-refractivity contribution in [2.24, 2.45) is 16.7 Å². The molecule has 242 valence electrons. The van der Waals surface area contributed by atoms with Gasteiger partial charge in [-0.2, -0.15) is 0 Å². The molecule has 0 aromatic heterocycles. The average Bonchev–Trinajstić information content (AvgIpc) is 3.37. The summed E-state index contributed by atoms with van der Waals surface area (Å²) < 4.78 is 0. The van der Waals surface area contributed by atoms with Gasteiger partial charge in [0.25, 0.3) is 0 Å². The van der Waals surface area contributed by atoms with Gasteiger partial charge >= 0.3 is 6.03 Å². The number of hydrogen-bond acceptors (Lipinski definition) is 5. The lowest BCUT2D eigenvalue weighted by molar-refractivity contribution is -0.139. The summed E-state index contributed by atoms with van der Waals surface area (Å²) in [6.07, 6.45) is 12.6. The van der Waals surface area contributed by atoms with Gasteiger partial charge in [-0.05, 0) is 74.7 Å². The van der Waals surface area contributed by atoms with Gasteiger partial charge in [-0.1, -0.05) is 79.7 Å². The third-order valence-corrected chi connectivity index (χ3v) is 8.64. The highest BCUT2D eigenvalue weighted by Crippen LogP contribution is 2.35. The zero-order valence-electron chi connectivity index (χ0n) is 28.1. The maximum absolute atomic E-state index is 13.7. The maximum Gasteiger partial charge on any atom is 0.315 e. The summed E-state index contributed by atoms with van der Waals surface area (Å²) >= 11 is 0. The summed E-state index contributed by atoms with van der Waals surface area (Å²) in [5, 5.41) is 13.2. The maximum atomic E-state index is 13.7. The van der Waals surface area contributed by atoms with E-state index in [1.807, 2.05) is 0 Å². The highest BCUT2D eigenvalue weighted by Gasteiger charge is 2.40. The van der Waals surface area contributed by atoms with E-state index in [4.69, 9.17) is 5.11 Å². The van der Waals surface area contributed by atoms with Crippen LogP contribution >= 0.6 is 0 Å². The monoisotopic (exact) mass is 591 g/mol. The van der Waals surface area contributed by atoms with Crippen molar-refractivity contribution in [1.82, 2.24) is 15.5 Å². The van der Waals surface area contributed by atoms with E-state index in [2.05, 4.69) is 59.1 Å². The molecule has 8 nitrogen and oxygen atoms in total. The Balaban J connectivity index is 0.00000165. The molecule has 3 rings (SSSR count). The van der Waals surface area contributed by atoms with Crippen molar-refractivity contribution in [2.45, 2.75) is 151 Å². The fourth-order valence-corrected chi connectivity index (χ4v) is 6.23. The number of allylic oxidation sites excluding steroid dienone is 1. The molecule has 3 N–H and O–H groups in total. The molecule has 1 heterocycles. The first-order chi connectivity index (χ1) is 19.7. The van der Waals surface area contributed by atoms with E-state index in [0.717, 1.165) is 64.0 Å². The molecule has 0 bridgehead atoms. The van der Waals surface area contributed by atoms with Crippen molar-refractivity contribution < 1.29 is 24.3 Å². The Bertz CT molecular complexity index is 915. The molecule has 3 amide bonds. The molecule has 2 fully saturated rings. The summed E-state index contributed by atoms with van der Waals surface area (Å²) in [6.45, 7) is 16.9. The smallest absolute Gasteiger partial charge is 0.315 e. The molecule has 42 heavy (non-hydrogen) atoms. The Morgan fingerprint density at radius 2 is 1.62 bits per heavy atom. The second-order valence-electron chi connectivity index (χ2n) is 14.2. The molecular formula is C34H61N3O5. The third kappa shape index (κ3) is 12.2. The standard InChI is InChI=1S/C30H49N3O4.C3H8.CH4O/c1-20(34)24-13-10-16-33(24)27(36)26(22-11-8-7-9-12-22)32-28(37)31-25(29(2,3)4)18-21-14-15-30(5,6)19-23(35)17-21;1-3-2;1-2/h17,22,24-26H,7-16,18-19H2,1-6H3,(H2,31,32,37);3H2,1-2H3;2H,1H3/t24-,25+,26-;;/m0../s1. The van der Waals surface area contributed by atoms with E-state index in [9.17, 15) is 19.2 Å². The SMILES string of the molecule is CC(=O)[C@@H]1CCCN1C(=O)[C@@H](NC(=O)N[C@H](CC1=CC(=O)CC(C)(C)CC1)C(C)(C)C)C1CCCCC1.CCC.CO. The van der Waals surface area contributed by atoms with Gasteiger partial charge in [0.1, 0.15) is 6.04 Å². The van der Waals surface area contributed by atoms with Gasteiger partial charge in [-0.3, -0.25) is 14.4 Å². The number of likely N-dealkylation sites (tertiary alicyclic amines) is 1. The predicted molar refractivity (Wildman–Crippen MR) is 170 cm³/mol. The highest BCUT2D eigenvalue weighted by molar-refractivity contribution is 5.93. The lowest BCUT2D eigenvalue weighted by Gasteiger charge is -2.36. The molecule has 0 aromatic rings. The summed E-state index contributed by atoms with van der Waals surface area (Å²) in [4.78, 5) is 53.5. The molecule has 1 saturated heterocycles. The zero-order valence-corrected chi connectivity index (χ0v) is 28.1. The number of urea groups is 1. The first-order valence-electron chi connectivity index (χ1n) is 16.2. The fourth-order valence-electron chi connectivity index (χ4n) is 6.23. The summed E-state index contributed by atoms with van der Waals surface area (Å²) in [5.74, 6) is 0.132. The first kappa shape index (κ1) is 37.8. The predicted octanol–water partition coefficient (Wildman–Crippen LogP) is 6.35. The number of nitrogens with zero attached hydrogens (tertiary/aromatic N) is 1. The summed E-state index contributed by atoms with van der Waals surface area (Å²) in [6, 6.07) is -1.54. The van der Waals surface area contributed by atoms with E-state index in [1.165, 1.54) is 6.42 Å². The molecule has 3 aliphatic rings. The number of ketones is 2. The summed E-state index contributed by atoms with van der Waals surface area (Å²) in [7, 11) is 1.00. The Labute approximate surface area is 255 Å². The van der Waals surface area contributed by atoms with Crippen molar-refractivity contribution in [3.05, 3.63) is 11.6 Å². The van der Waals surface area contributed by atoms with Crippen LogP contribution in [0.2, 0.25) is 0 Å². The molecule has 0 unspecified atom stereocenters. The van der Waals surface area contributed by atoms with Crippen molar-refractivity contribution in [2.75, 3.05) is 13.7 Å². The van der Waals surface area contributed by atoms with E-state index in [0.29, 0.717) is 25.8 Å². The van der Waals surface area contributed by atoms with Crippen molar-refractivity contribution in [1.29, 1.82) is 0 Å². The van der Waals surface area contributed by atoms with Gasteiger partial charge in [-0.25, -0.2) is 4.79 Å². The van der Waals surface area contributed by atoms with Crippen LogP contribution in [0.5, 0.6) is 0 Å². The molecule has 3 atom stereocenters. The average molecular weight is 592 g/mol. The molecule has 8 heteroatoms. The number of aliphatic hydroxyl groups excluding tert-OH is 1. The third-order valence-electron chi connectivity index (χ3n) is 8.64. The Morgan fingerprint density at radius 1 is 1.02 bits per heavy atom. The fraction of sp³-hybridized carbons (Fsp3) is 0.824. The Morgan fingerprint density at radius 3 is 2.17 bits per heavy atom. The number of rotatable bonds is 7. The Kier molecular flexibility index (Phi) is 16.0. The largest absolute Gasteiger partial charge is 0.400 e. The quantitative estimate of drug-likeness (QED) is 0.319. The highest BCUT2D eigenvalue weighted by atomic mass is 16.2. The topological polar surface area (TPSA) is 116 Å². The number of carbonyl (C=O) groups is 4. The van der Waals surface area contributed by atoms with Crippen molar-refractivity contribution in [3.8, 4) is 0 Å². The normalized spacial score (nSPS) is 22.2. The van der Waals surface area contributed by atoms with E-state index in [1.54, 1.807) is 17.9 Å². The van der Waals surface area contributed by atoms with Gasteiger partial charge in [0.2, 0.25) is 5.91 Å². The van der Waals surface area contributed by atoms with Crippen molar-refractivity contribution in [3.63, 3.8) is 0 Å². The Hall–Kier alpha value is -2.22. The van der Waals surface area contributed by atoms with E-state index >= 15 is 0 Å². The van der Waals surface area contributed by atoms with Crippen molar-refractivity contribution >= 4 is 23.5 Å². The van der Waals surface area contributed by atoms with Crippen LogP contribution in [-0.2, 0) is 14.4 Å². The van der Waals surface area contributed by atoms with E-state index in [-0.39, 0.29) is 52.3 Å². The molecule has 1 saturated carbocycles. The second kappa shape index (κ2) is 17.8. The molecule has 0 aromatic carbocycles. The van der Waals surface area contributed by atoms with Gasteiger partial charge in [0.15, 0.2) is 11.6 Å². The molecule has 0 spiro atoms. The van der Waals surface area contributed by atoms with Crippen LogP contribution < -0.4 is 10.6 Å². The lowest BCUT2D eigenvalue weighted by Crippen LogP contribution is -2.58. The molecular weight excluding hydrogens is 530 g/mol. The van der Waals surface area contributed by atoms with Crippen LogP contribution in [0.3, 0.4) is 0 Å². The molecule has 2 aliphatic carbocycles. The minimum atomic E-state index is -0.625. The van der Waals surface area contributed by atoms with Gasteiger partial charge in [0.05, 0.1) is 6.04 Å². The number of aliphatic hydroxyl groups is 1. The zero-order chi connectivity index (χ0) is 32.1. The van der Waals surface area contributed by atoms with Crippen LogP contribution in [0.1, 0.15) is 132 Å². The number of hydrogen-bond donors (Lipinski definition) is 3. The summed E-state index contributed by atoms with van der Waals surface area (Å²) in [5.41, 5.74) is 0.831. The van der Waals surface area contributed by atoms with Crippen LogP contribution in [-0.4, -0.2) is 65.3 Å². The number of amides is 3. The van der Waals surface area contributed by atoms with Crippen LogP contribution in [0.15, 0.2) is 11.6 Å². The van der Waals surface area contributed by atoms with Gasteiger partial charge in [-0.15, -0.1) is 0 Å². The van der Waals surface area contributed by atoms with Gasteiger partial charge in [0, 0.05) is 26.1 Å². The van der Waals surface area contributed by atoms with Gasteiger partial charge < -0.3 is 20.6 Å². The molecule has 1 aliphatic heterocycles. The number of Topliss-reactive ketones (excluding diaryl/α,β-unsaturated/α-hetero) is 1. The number of nitrogens with one attached hydrogen (secondary N) is 2. The molecule has 0 radical (unpaired) electrons. The minimum Gasteiger partial charge on any atom is -0.400 e. The van der Waals surface area contributed by atoms with E-state index < -0.39 is 6.04 Å². The minimum absolute atomic E-state index is 0.0138. The van der Waals surface area contributed by atoms with Crippen LogP contribution in [0.25, 0.3) is 0 Å². The second-order valence-corrected chi connectivity index (χ2v) is 14.2. The lowest BCUT2D eigenvalue weighted by atomic mass is 9.81. The number of carbonyl (C=O) groups excluding carboxylic acids is 4. The van der Waals surface area contributed by atoms with Crippen LogP contribution in [0.4, 0.5) is 4.79 Å².